The summed E-state index contributed by atoms with van der Waals surface area (Å²) in [4.78, 5) is 0. The second-order valence-electron chi connectivity index (χ2n) is 7.75. The van der Waals surface area contributed by atoms with Crippen molar-refractivity contribution in [1.82, 2.24) is 0 Å². The molecule has 3 atom stereocenters. The quantitative estimate of drug-likeness (QED) is 0.786. The summed E-state index contributed by atoms with van der Waals surface area (Å²) in [6.07, 6.45) is 0.680. The van der Waals surface area contributed by atoms with Gasteiger partial charge in [0.1, 0.15) is 5.75 Å². The van der Waals surface area contributed by atoms with Crippen LogP contribution in [0.5, 0.6) is 5.75 Å². The number of hydrogen-bond donors (Lipinski definition) is 2. The molecule has 0 aliphatic rings. The van der Waals surface area contributed by atoms with Crippen LogP contribution in [0.25, 0.3) is 0 Å². The Bertz CT molecular complexity index is 502. The zero-order valence-electron chi connectivity index (χ0n) is 15.8. The summed E-state index contributed by atoms with van der Waals surface area (Å²) in [6.45, 7) is 12.7. The van der Waals surface area contributed by atoms with E-state index in [9.17, 15) is 10.2 Å². The van der Waals surface area contributed by atoms with E-state index in [4.69, 9.17) is 4.74 Å². The Kier molecular flexibility index (Phi) is 7.09. The molecule has 0 radical (unpaired) electrons. The number of aryl methyl sites for hydroxylation is 1. The predicted molar refractivity (Wildman–Crippen MR) is 96.4 cm³/mol. The number of benzene rings is 1. The van der Waals surface area contributed by atoms with Crippen LogP contribution in [0.1, 0.15) is 76.5 Å². The summed E-state index contributed by atoms with van der Waals surface area (Å²) in [5, 5.41) is 20.2. The van der Waals surface area contributed by atoms with Crippen molar-refractivity contribution in [3.8, 4) is 5.75 Å². The van der Waals surface area contributed by atoms with Gasteiger partial charge in [-0.15, -0.1) is 0 Å². The molecule has 0 fully saturated rings. The average molecular weight is 322 g/mol. The van der Waals surface area contributed by atoms with Crippen LogP contribution in [0.3, 0.4) is 0 Å². The highest BCUT2D eigenvalue weighted by Crippen LogP contribution is 2.39. The van der Waals surface area contributed by atoms with Crippen molar-refractivity contribution in [2.45, 2.75) is 84.3 Å². The lowest BCUT2D eigenvalue weighted by atomic mass is 9.81. The number of rotatable bonds is 7. The number of hydrogen-bond acceptors (Lipinski definition) is 3. The number of methoxy groups -OCH3 is 1. The third-order valence-electron chi connectivity index (χ3n) is 4.43. The zero-order valence-corrected chi connectivity index (χ0v) is 15.8. The third kappa shape index (κ3) is 5.22. The predicted octanol–water partition coefficient (Wildman–Crippen LogP) is 4.32. The maximum atomic E-state index is 10.3. The second-order valence-corrected chi connectivity index (χ2v) is 7.75. The van der Waals surface area contributed by atoms with Gasteiger partial charge in [-0.05, 0) is 36.7 Å². The Morgan fingerprint density at radius 1 is 1.13 bits per heavy atom. The maximum Gasteiger partial charge on any atom is 0.126 e. The zero-order chi connectivity index (χ0) is 17.8. The van der Waals surface area contributed by atoms with Crippen LogP contribution in [-0.4, -0.2) is 29.5 Å². The lowest BCUT2D eigenvalue weighted by Gasteiger charge is -2.28. The molecule has 3 nitrogen and oxygen atoms in total. The van der Waals surface area contributed by atoms with E-state index in [-0.39, 0.29) is 11.3 Å². The Morgan fingerprint density at radius 2 is 1.74 bits per heavy atom. The summed E-state index contributed by atoms with van der Waals surface area (Å²) in [5.41, 5.74) is 3.48. The average Bonchev–Trinajstić information content (AvgIpc) is 2.45. The van der Waals surface area contributed by atoms with E-state index in [0.29, 0.717) is 12.8 Å². The van der Waals surface area contributed by atoms with Crippen LogP contribution in [0, 0.1) is 6.92 Å². The first-order valence-corrected chi connectivity index (χ1v) is 8.66. The number of aliphatic hydroxyl groups is 2. The molecule has 0 heterocycles. The van der Waals surface area contributed by atoms with E-state index >= 15 is 0 Å². The van der Waals surface area contributed by atoms with Crippen molar-refractivity contribution < 1.29 is 14.9 Å². The first-order valence-electron chi connectivity index (χ1n) is 8.66. The van der Waals surface area contributed by atoms with Crippen LogP contribution < -0.4 is 4.74 Å². The van der Waals surface area contributed by atoms with Crippen molar-refractivity contribution in [1.29, 1.82) is 0 Å². The molecule has 0 bridgehead atoms. The van der Waals surface area contributed by atoms with Crippen molar-refractivity contribution in [2.24, 2.45) is 0 Å². The summed E-state index contributed by atoms with van der Waals surface area (Å²) < 4.78 is 5.72. The SMILES string of the molecule is CCCC(O)C(O)CC(C)c1cc(C)cc(C(C)(C)C)c1OC. The molecule has 0 aromatic heterocycles. The van der Waals surface area contributed by atoms with Crippen LogP contribution >= 0.6 is 0 Å². The highest BCUT2D eigenvalue weighted by molar-refractivity contribution is 5.49. The largest absolute Gasteiger partial charge is 0.496 e. The van der Waals surface area contributed by atoms with Gasteiger partial charge in [0.15, 0.2) is 0 Å². The van der Waals surface area contributed by atoms with E-state index in [2.05, 4.69) is 46.8 Å². The highest BCUT2D eigenvalue weighted by atomic mass is 16.5. The normalized spacial score (nSPS) is 16.0. The molecule has 1 rings (SSSR count). The molecule has 0 amide bonds. The molecule has 3 unspecified atom stereocenters. The van der Waals surface area contributed by atoms with Gasteiger partial charge in [-0.2, -0.15) is 0 Å². The van der Waals surface area contributed by atoms with Gasteiger partial charge in [-0.25, -0.2) is 0 Å². The molecule has 0 aliphatic carbocycles. The molecule has 0 aliphatic heterocycles. The minimum atomic E-state index is -0.701. The van der Waals surface area contributed by atoms with Gasteiger partial charge in [-0.3, -0.25) is 0 Å². The highest BCUT2D eigenvalue weighted by Gasteiger charge is 2.26. The van der Waals surface area contributed by atoms with Gasteiger partial charge in [0.05, 0.1) is 19.3 Å². The molecule has 3 heteroatoms. The van der Waals surface area contributed by atoms with Gasteiger partial charge in [0.25, 0.3) is 0 Å². The van der Waals surface area contributed by atoms with Gasteiger partial charge in [0.2, 0.25) is 0 Å². The molecule has 0 saturated carbocycles. The molecular formula is C20H34O3. The molecule has 0 saturated heterocycles. The molecule has 132 valence electrons. The van der Waals surface area contributed by atoms with Crippen molar-refractivity contribution >= 4 is 0 Å². The Labute approximate surface area is 141 Å². The van der Waals surface area contributed by atoms with Gasteiger partial charge in [-0.1, -0.05) is 58.7 Å². The molecule has 0 spiro atoms. The van der Waals surface area contributed by atoms with Crippen LogP contribution in [0.4, 0.5) is 0 Å². The van der Waals surface area contributed by atoms with Crippen LogP contribution in [0.2, 0.25) is 0 Å². The van der Waals surface area contributed by atoms with Crippen molar-refractivity contribution in [3.63, 3.8) is 0 Å². The summed E-state index contributed by atoms with van der Waals surface area (Å²) in [5.74, 6) is 1.03. The second kappa shape index (κ2) is 8.16. The lowest BCUT2D eigenvalue weighted by Crippen LogP contribution is -2.27. The van der Waals surface area contributed by atoms with E-state index in [1.807, 2.05) is 6.92 Å². The smallest absolute Gasteiger partial charge is 0.126 e. The third-order valence-corrected chi connectivity index (χ3v) is 4.43. The van der Waals surface area contributed by atoms with Gasteiger partial charge in [0, 0.05) is 5.56 Å². The molecule has 2 N–H and O–H groups in total. The Hall–Kier alpha value is -1.06. The molecule has 1 aromatic rings. The van der Waals surface area contributed by atoms with Crippen LogP contribution in [0.15, 0.2) is 12.1 Å². The van der Waals surface area contributed by atoms with Gasteiger partial charge >= 0.3 is 0 Å². The van der Waals surface area contributed by atoms with Crippen LogP contribution in [-0.2, 0) is 5.41 Å². The fourth-order valence-corrected chi connectivity index (χ4v) is 3.09. The first kappa shape index (κ1) is 20.0. The maximum absolute atomic E-state index is 10.3. The van der Waals surface area contributed by atoms with E-state index in [1.165, 1.54) is 11.1 Å². The van der Waals surface area contributed by atoms with Crippen molar-refractivity contribution in [2.75, 3.05) is 7.11 Å². The van der Waals surface area contributed by atoms with E-state index < -0.39 is 12.2 Å². The number of aliphatic hydroxyl groups excluding tert-OH is 2. The van der Waals surface area contributed by atoms with E-state index in [1.54, 1.807) is 7.11 Å². The summed E-state index contributed by atoms with van der Waals surface area (Å²) in [7, 11) is 1.71. The molecule has 23 heavy (non-hydrogen) atoms. The van der Waals surface area contributed by atoms with E-state index in [0.717, 1.165) is 17.7 Å². The first-order chi connectivity index (χ1) is 10.6. The minimum absolute atomic E-state index is 0.00776. The van der Waals surface area contributed by atoms with Crippen molar-refractivity contribution in [3.05, 3.63) is 28.8 Å². The van der Waals surface area contributed by atoms with Gasteiger partial charge < -0.3 is 14.9 Å². The number of ether oxygens (including phenoxy) is 1. The lowest BCUT2D eigenvalue weighted by molar-refractivity contribution is 0.00627. The summed E-state index contributed by atoms with van der Waals surface area (Å²) >= 11 is 0. The summed E-state index contributed by atoms with van der Waals surface area (Å²) in [6, 6.07) is 4.31. The minimum Gasteiger partial charge on any atom is -0.496 e. The monoisotopic (exact) mass is 322 g/mol. The topological polar surface area (TPSA) is 49.7 Å². The Balaban J connectivity index is 3.13. The molecule has 1 aromatic carbocycles. The standard InChI is InChI=1S/C20H34O3/c1-8-9-17(21)18(22)12-14(3)15-10-13(2)11-16(19(15)23-7)20(4,5)6/h10-11,14,17-18,21-22H,8-9,12H2,1-7H3. The Morgan fingerprint density at radius 3 is 2.22 bits per heavy atom. The fraction of sp³-hybridized carbons (Fsp3) is 0.700. The fourth-order valence-electron chi connectivity index (χ4n) is 3.09. The molecular weight excluding hydrogens is 288 g/mol.